The summed E-state index contributed by atoms with van der Waals surface area (Å²) in [5, 5.41) is 12.3. The molecular weight excluding hydrogens is 332 g/mol. The van der Waals surface area contributed by atoms with Crippen molar-refractivity contribution in [3.8, 4) is 17.6 Å². The molecule has 2 aromatic carbocycles. The van der Waals surface area contributed by atoms with Crippen LogP contribution in [0.25, 0.3) is 11.0 Å². The Kier molecular flexibility index (Phi) is 3.93. The van der Waals surface area contributed by atoms with Crippen LogP contribution in [0.15, 0.2) is 42.5 Å². The second kappa shape index (κ2) is 6.41. The van der Waals surface area contributed by atoms with Crippen LogP contribution in [0.5, 0.6) is 11.5 Å². The lowest BCUT2D eigenvalue weighted by Gasteiger charge is -2.11. The Hall–Kier alpha value is -3.53. The predicted octanol–water partition coefficient (Wildman–Crippen LogP) is 2.23. The highest BCUT2D eigenvalue weighted by atomic mass is 16.7. The molecule has 130 valence electrons. The Morgan fingerprint density at radius 2 is 2.12 bits per heavy atom. The summed E-state index contributed by atoms with van der Waals surface area (Å²) < 4.78 is 12.4. The summed E-state index contributed by atoms with van der Waals surface area (Å²) in [6.07, 6.45) is 0. The van der Waals surface area contributed by atoms with Gasteiger partial charge in [-0.05, 0) is 29.8 Å². The predicted molar refractivity (Wildman–Crippen MR) is 93.5 cm³/mol. The minimum atomic E-state index is -0.985. The zero-order valence-electron chi connectivity index (χ0n) is 14.1. The Bertz CT molecular complexity index is 1030. The van der Waals surface area contributed by atoms with Gasteiger partial charge in [-0.25, -0.2) is 4.98 Å². The van der Waals surface area contributed by atoms with Crippen LogP contribution in [0.4, 0.5) is 0 Å². The van der Waals surface area contributed by atoms with Crippen LogP contribution in [-0.4, -0.2) is 22.3 Å². The van der Waals surface area contributed by atoms with E-state index in [0.29, 0.717) is 17.3 Å². The number of fused-ring (bicyclic) bond motifs is 2. The number of carbonyl (C=O) groups excluding carboxylic acids is 1. The van der Waals surface area contributed by atoms with Gasteiger partial charge in [-0.15, -0.1) is 0 Å². The van der Waals surface area contributed by atoms with E-state index in [1.54, 1.807) is 17.7 Å². The zero-order chi connectivity index (χ0) is 18.1. The second-order valence-corrected chi connectivity index (χ2v) is 5.99. The molecule has 4 rings (SSSR count). The molecule has 26 heavy (non-hydrogen) atoms. The van der Waals surface area contributed by atoms with Gasteiger partial charge in [0.25, 0.3) is 0 Å². The van der Waals surface area contributed by atoms with E-state index >= 15 is 0 Å². The third-order valence-corrected chi connectivity index (χ3v) is 4.37. The van der Waals surface area contributed by atoms with E-state index in [4.69, 9.17) is 9.47 Å². The highest BCUT2D eigenvalue weighted by Crippen LogP contribution is 2.32. The fourth-order valence-corrected chi connectivity index (χ4v) is 3.00. The van der Waals surface area contributed by atoms with Crippen LogP contribution in [0.2, 0.25) is 0 Å². The van der Waals surface area contributed by atoms with Gasteiger partial charge in [0.1, 0.15) is 5.82 Å². The van der Waals surface area contributed by atoms with Gasteiger partial charge in [0.15, 0.2) is 17.4 Å². The van der Waals surface area contributed by atoms with Gasteiger partial charge in [0, 0.05) is 13.6 Å². The maximum Gasteiger partial charge on any atom is 0.245 e. The number of rotatable bonds is 4. The molecule has 1 amide bonds. The van der Waals surface area contributed by atoms with E-state index in [9.17, 15) is 10.1 Å². The highest BCUT2D eigenvalue weighted by molar-refractivity contribution is 5.87. The molecule has 0 fully saturated rings. The standard InChI is InChI=1S/C19H16N4O3/c1-23-15-5-3-2-4-14(15)22-18(23)13(9-20)19(24)21-10-12-6-7-16-17(8-12)26-11-25-16/h2-8,13H,10-11H2,1H3,(H,21,24)/t13-/m0/s1. The van der Waals surface area contributed by atoms with E-state index in [0.717, 1.165) is 16.6 Å². The lowest BCUT2D eigenvalue weighted by Crippen LogP contribution is -2.29. The van der Waals surface area contributed by atoms with Crippen molar-refractivity contribution < 1.29 is 14.3 Å². The van der Waals surface area contributed by atoms with Crippen molar-refractivity contribution >= 4 is 16.9 Å². The first-order chi connectivity index (χ1) is 12.7. The minimum Gasteiger partial charge on any atom is -0.454 e. The number of nitriles is 1. The van der Waals surface area contributed by atoms with E-state index in [1.807, 2.05) is 36.4 Å². The number of nitrogens with zero attached hydrogens (tertiary/aromatic N) is 3. The van der Waals surface area contributed by atoms with Crippen molar-refractivity contribution in [2.45, 2.75) is 12.5 Å². The number of hydrogen-bond donors (Lipinski definition) is 1. The first-order valence-electron chi connectivity index (χ1n) is 8.14. The Morgan fingerprint density at radius 3 is 2.92 bits per heavy atom. The number of amides is 1. The molecule has 1 aliphatic heterocycles. The van der Waals surface area contributed by atoms with Crippen molar-refractivity contribution in [3.05, 3.63) is 53.9 Å². The van der Waals surface area contributed by atoms with Crippen LogP contribution < -0.4 is 14.8 Å². The summed E-state index contributed by atoms with van der Waals surface area (Å²) in [6, 6.07) is 15.1. The van der Waals surface area contributed by atoms with Crippen molar-refractivity contribution in [3.63, 3.8) is 0 Å². The number of aryl methyl sites for hydroxylation is 1. The van der Waals surface area contributed by atoms with Crippen LogP contribution in [0.1, 0.15) is 17.3 Å². The number of benzene rings is 2. The van der Waals surface area contributed by atoms with E-state index in [2.05, 4.69) is 16.4 Å². The Morgan fingerprint density at radius 1 is 1.31 bits per heavy atom. The van der Waals surface area contributed by atoms with Crippen molar-refractivity contribution in [2.24, 2.45) is 7.05 Å². The van der Waals surface area contributed by atoms with Crippen LogP contribution in [0.3, 0.4) is 0 Å². The first-order valence-corrected chi connectivity index (χ1v) is 8.14. The topological polar surface area (TPSA) is 89.2 Å². The number of para-hydroxylation sites is 2. The van der Waals surface area contributed by atoms with Gasteiger partial charge in [-0.2, -0.15) is 5.26 Å². The van der Waals surface area contributed by atoms with Crippen molar-refractivity contribution in [1.29, 1.82) is 5.26 Å². The summed E-state index contributed by atoms with van der Waals surface area (Å²) in [6.45, 7) is 0.492. The third kappa shape index (κ3) is 2.71. The smallest absolute Gasteiger partial charge is 0.245 e. The van der Waals surface area contributed by atoms with E-state index < -0.39 is 5.92 Å². The number of ether oxygens (including phenoxy) is 2. The van der Waals surface area contributed by atoms with Gasteiger partial charge in [0.05, 0.1) is 17.1 Å². The minimum absolute atomic E-state index is 0.203. The number of aromatic nitrogens is 2. The van der Waals surface area contributed by atoms with Gasteiger partial charge < -0.3 is 19.4 Å². The number of nitrogens with one attached hydrogen (secondary N) is 1. The van der Waals surface area contributed by atoms with E-state index in [-0.39, 0.29) is 19.2 Å². The summed E-state index contributed by atoms with van der Waals surface area (Å²) in [5.74, 6) is 0.403. The summed E-state index contributed by atoms with van der Waals surface area (Å²) >= 11 is 0. The maximum absolute atomic E-state index is 12.6. The van der Waals surface area contributed by atoms with Crippen LogP contribution >= 0.6 is 0 Å². The zero-order valence-corrected chi connectivity index (χ0v) is 14.1. The fraction of sp³-hybridized carbons (Fsp3) is 0.211. The molecule has 3 aromatic rings. The lowest BCUT2D eigenvalue weighted by molar-refractivity contribution is -0.121. The number of imidazole rings is 1. The Balaban J connectivity index is 1.52. The van der Waals surface area contributed by atoms with Crippen LogP contribution in [-0.2, 0) is 18.4 Å². The molecular formula is C19H16N4O3. The molecule has 7 nitrogen and oxygen atoms in total. The number of hydrogen-bond acceptors (Lipinski definition) is 5. The molecule has 1 aromatic heterocycles. The highest BCUT2D eigenvalue weighted by Gasteiger charge is 2.25. The maximum atomic E-state index is 12.6. The number of carbonyl (C=O) groups is 1. The molecule has 0 unspecified atom stereocenters. The molecule has 0 saturated heterocycles. The molecule has 0 radical (unpaired) electrons. The monoisotopic (exact) mass is 348 g/mol. The Labute approximate surface area is 149 Å². The van der Waals surface area contributed by atoms with E-state index in [1.165, 1.54) is 0 Å². The lowest BCUT2D eigenvalue weighted by atomic mass is 10.1. The SMILES string of the molecule is Cn1c([C@H](C#N)C(=O)NCc2ccc3c(c2)OCO3)nc2ccccc21. The molecule has 1 atom stereocenters. The van der Waals surface area contributed by atoms with Crippen molar-refractivity contribution in [2.75, 3.05) is 6.79 Å². The normalized spacial score (nSPS) is 13.4. The molecule has 1 N–H and O–H groups in total. The third-order valence-electron chi connectivity index (χ3n) is 4.37. The van der Waals surface area contributed by atoms with Gasteiger partial charge >= 0.3 is 0 Å². The molecule has 1 aliphatic rings. The first kappa shape index (κ1) is 16.0. The molecule has 7 heteroatoms. The molecule has 2 heterocycles. The largest absolute Gasteiger partial charge is 0.454 e. The average molecular weight is 348 g/mol. The molecule has 0 bridgehead atoms. The summed E-state index contributed by atoms with van der Waals surface area (Å²) in [5.41, 5.74) is 2.50. The second-order valence-electron chi connectivity index (χ2n) is 5.99. The van der Waals surface area contributed by atoms with Gasteiger partial charge in [-0.3, -0.25) is 4.79 Å². The molecule has 0 aliphatic carbocycles. The fourth-order valence-electron chi connectivity index (χ4n) is 3.00. The summed E-state index contributed by atoms with van der Waals surface area (Å²) in [7, 11) is 1.81. The average Bonchev–Trinajstić information content (AvgIpc) is 3.25. The molecule has 0 saturated carbocycles. The van der Waals surface area contributed by atoms with Gasteiger partial charge in [0.2, 0.25) is 12.7 Å². The van der Waals surface area contributed by atoms with Crippen molar-refractivity contribution in [1.82, 2.24) is 14.9 Å². The quantitative estimate of drug-likeness (QED) is 0.781. The summed E-state index contributed by atoms with van der Waals surface area (Å²) in [4.78, 5) is 17.0. The van der Waals surface area contributed by atoms with Crippen LogP contribution in [0, 0.1) is 11.3 Å². The van der Waals surface area contributed by atoms with Gasteiger partial charge in [-0.1, -0.05) is 18.2 Å². The molecule has 0 spiro atoms.